The van der Waals surface area contributed by atoms with Crippen LogP contribution in [0.4, 0.5) is 4.39 Å². The van der Waals surface area contributed by atoms with Crippen LogP contribution >= 0.6 is 0 Å². The number of alkyl halides is 1. The Kier molecular flexibility index (Phi) is 7.82. The topological polar surface area (TPSA) is 40.5 Å². The molecule has 0 aliphatic heterocycles. The molecule has 0 bridgehead atoms. The third kappa shape index (κ3) is 5.89. The van der Waals surface area contributed by atoms with Crippen LogP contribution in [-0.2, 0) is 6.54 Å². The van der Waals surface area contributed by atoms with E-state index in [4.69, 9.17) is 0 Å². The fourth-order valence-electron chi connectivity index (χ4n) is 4.46. The zero-order chi connectivity index (χ0) is 20.6. The Hall–Kier alpha value is -2.20. The van der Waals surface area contributed by atoms with E-state index < -0.39 is 5.97 Å². The molecule has 0 heterocycles. The van der Waals surface area contributed by atoms with Crippen LogP contribution in [0.25, 0.3) is 11.1 Å². The van der Waals surface area contributed by atoms with Crippen molar-refractivity contribution in [3.8, 4) is 11.1 Å². The SMILES string of the molecule is Cc1ccccc1-c1cc(CN(CCF)CCC2CCCCC2)ccc1C(=O)O. The van der Waals surface area contributed by atoms with E-state index in [0.29, 0.717) is 18.7 Å². The lowest BCUT2D eigenvalue weighted by Gasteiger charge is -2.26. The van der Waals surface area contributed by atoms with Crippen LogP contribution < -0.4 is 0 Å². The van der Waals surface area contributed by atoms with Crippen molar-refractivity contribution in [3.05, 3.63) is 59.2 Å². The number of aryl methyl sites for hydroxylation is 1. The van der Waals surface area contributed by atoms with Crippen molar-refractivity contribution < 1.29 is 14.3 Å². The maximum Gasteiger partial charge on any atom is 0.336 e. The maximum atomic E-state index is 13.2. The van der Waals surface area contributed by atoms with E-state index in [1.165, 1.54) is 32.1 Å². The smallest absolute Gasteiger partial charge is 0.336 e. The van der Waals surface area contributed by atoms with Gasteiger partial charge < -0.3 is 5.11 Å². The summed E-state index contributed by atoms with van der Waals surface area (Å²) >= 11 is 0. The Bertz CT molecular complexity index is 814. The molecule has 4 heteroatoms. The number of nitrogens with zero attached hydrogens (tertiary/aromatic N) is 1. The van der Waals surface area contributed by atoms with Gasteiger partial charge in [-0.3, -0.25) is 4.90 Å². The lowest BCUT2D eigenvalue weighted by molar-refractivity contribution is 0.0697. The summed E-state index contributed by atoms with van der Waals surface area (Å²) < 4.78 is 13.2. The minimum Gasteiger partial charge on any atom is -0.478 e. The molecule has 1 fully saturated rings. The largest absolute Gasteiger partial charge is 0.478 e. The maximum absolute atomic E-state index is 13.2. The fourth-order valence-corrected chi connectivity index (χ4v) is 4.46. The van der Waals surface area contributed by atoms with Gasteiger partial charge in [-0.15, -0.1) is 0 Å². The Morgan fingerprint density at radius 3 is 2.52 bits per heavy atom. The summed E-state index contributed by atoms with van der Waals surface area (Å²) in [6.45, 7) is 3.60. The fraction of sp³-hybridized carbons (Fsp3) is 0.480. The van der Waals surface area contributed by atoms with Crippen LogP contribution in [0.3, 0.4) is 0 Å². The molecular formula is C25H32FNO2. The van der Waals surface area contributed by atoms with Crippen molar-refractivity contribution in [2.75, 3.05) is 19.8 Å². The van der Waals surface area contributed by atoms with E-state index >= 15 is 0 Å². The molecule has 156 valence electrons. The van der Waals surface area contributed by atoms with E-state index in [2.05, 4.69) is 4.90 Å². The standard InChI is InChI=1S/C25H32FNO2/c1-19-7-5-6-10-22(19)24-17-21(11-12-23(24)25(28)29)18-27(16-14-26)15-13-20-8-3-2-4-9-20/h5-7,10-12,17,20H,2-4,8-9,13-16,18H2,1H3,(H,28,29). The van der Waals surface area contributed by atoms with Crippen LogP contribution in [0.1, 0.15) is 60.0 Å². The summed E-state index contributed by atoms with van der Waals surface area (Å²) in [4.78, 5) is 13.9. The van der Waals surface area contributed by atoms with Gasteiger partial charge in [-0.1, -0.05) is 62.4 Å². The molecular weight excluding hydrogens is 365 g/mol. The van der Waals surface area contributed by atoms with Gasteiger partial charge in [-0.2, -0.15) is 0 Å². The summed E-state index contributed by atoms with van der Waals surface area (Å²) in [5.41, 5.74) is 4.06. The highest BCUT2D eigenvalue weighted by Gasteiger charge is 2.17. The van der Waals surface area contributed by atoms with Gasteiger partial charge in [-0.05, 0) is 60.2 Å². The molecule has 0 amide bonds. The second kappa shape index (κ2) is 10.5. The van der Waals surface area contributed by atoms with E-state index in [1.54, 1.807) is 6.07 Å². The summed E-state index contributed by atoms with van der Waals surface area (Å²) in [6.07, 6.45) is 7.72. The minimum absolute atomic E-state index is 0.308. The first kappa shape index (κ1) is 21.5. The predicted molar refractivity (Wildman–Crippen MR) is 116 cm³/mol. The molecule has 2 aromatic rings. The quantitative estimate of drug-likeness (QED) is 0.555. The molecule has 1 N–H and O–H groups in total. The third-order valence-electron chi connectivity index (χ3n) is 6.13. The number of carboxylic acid groups (broad SMARTS) is 1. The first-order valence-corrected chi connectivity index (χ1v) is 10.8. The first-order valence-electron chi connectivity index (χ1n) is 10.8. The molecule has 0 atom stereocenters. The number of hydrogen-bond donors (Lipinski definition) is 1. The van der Waals surface area contributed by atoms with Gasteiger partial charge >= 0.3 is 5.97 Å². The van der Waals surface area contributed by atoms with Crippen molar-refractivity contribution in [1.29, 1.82) is 0 Å². The van der Waals surface area contributed by atoms with Crippen molar-refractivity contribution >= 4 is 5.97 Å². The van der Waals surface area contributed by atoms with E-state index in [0.717, 1.165) is 41.1 Å². The molecule has 3 rings (SSSR count). The summed E-state index contributed by atoms with van der Waals surface area (Å²) in [5, 5.41) is 9.64. The third-order valence-corrected chi connectivity index (χ3v) is 6.13. The first-order chi connectivity index (χ1) is 14.1. The molecule has 0 aromatic heterocycles. The van der Waals surface area contributed by atoms with E-state index in [9.17, 15) is 14.3 Å². The van der Waals surface area contributed by atoms with Crippen molar-refractivity contribution in [2.24, 2.45) is 5.92 Å². The number of rotatable bonds is 9. The Balaban J connectivity index is 1.78. The van der Waals surface area contributed by atoms with Crippen LogP contribution in [-0.4, -0.2) is 35.7 Å². The van der Waals surface area contributed by atoms with Gasteiger partial charge in [-0.25, -0.2) is 9.18 Å². The lowest BCUT2D eigenvalue weighted by atomic mass is 9.87. The normalized spacial score (nSPS) is 15.0. The van der Waals surface area contributed by atoms with Crippen LogP contribution in [0.2, 0.25) is 0 Å². The summed E-state index contributed by atoms with van der Waals surface area (Å²) in [5.74, 6) is -0.157. The molecule has 0 saturated heterocycles. The summed E-state index contributed by atoms with van der Waals surface area (Å²) in [6, 6.07) is 13.4. The monoisotopic (exact) mass is 397 g/mol. The van der Waals surface area contributed by atoms with E-state index in [-0.39, 0.29) is 6.67 Å². The van der Waals surface area contributed by atoms with Gasteiger partial charge in [0.25, 0.3) is 0 Å². The minimum atomic E-state index is -0.923. The second-order valence-electron chi connectivity index (χ2n) is 8.26. The number of carboxylic acids is 1. The number of carbonyl (C=O) groups is 1. The molecule has 0 radical (unpaired) electrons. The molecule has 0 spiro atoms. The Morgan fingerprint density at radius 2 is 1.83 bits per heavy atom. The highest BCUT2D eigenvalue weighted by Crippen LogP contribution is 2.29. The van der Waals surface area contributed by atoms with Crippen LogP contribution in [0, 0.1) is 12.8 Å². The lowest BCUT2D eigenvalue weighted by Crippen LogP contribution is -2.28. The summed E-state index contributed by atoms with van der Waals surface area (Å²) in [7, 11) is 0. The zero-order valence-corrected chi connectivity index (χ0v) is 17.4. The molecule has 1 aliphatic rings. The molecule has 1 aliphatic carbocycles. The van der Waals surface area contributed by atoms with Crippen molar-refractivity contribution in [3.63, 3.8) is 0 Å². The zero-order valence-electron chi connectivity index (χ0n) is 17.4. The molecule has 0 unspecified atom stereocenters. The predicted octanol–water partition coefficient (Wildman–Crippen LogP) is 6.10. The van der Waals surface area contributed by atoms with Crippen molar-refractivity contribution in [2.45, 2.75) is 52.0 Å². The van der Waals surface area contributed by atoms with Gasteiger partial charge in [0, 0.05) is 13.1 Å². The van der Waals surface area contributed by atoms with Gasteiger partial charge in [0.2, 0.25) is 0 Å². The highest BCUT2D eigenvalue weighted by atomic mass is 19.1. The van der Waals surface area contributed by atoms with Crippen LogP contribution in [0.15, 0.2) is 42.5 Å². The second-order valence-corrected chi connectivity index (χ2v) is 8.26. The van der Waals surface area contributed by atoms with Gasteiger partial charge in [0.1, 0.15) is 6.67 Å². The highest BCUT2D eigenvalue weighted by molar-refractivity contribution is 5.96. The number of halogens is 1. The molecule has 29 heavy (non-hydrogen) atoms. The van der Waals surface area contributed by atoms with Crippen LogP contribution in [0.5, 0.6) is 0 Å². The number of aromatic carboxylic acids is 1. The molecule has 2 aromatic carbocycles. The Labute approximate surface area is 173 Å². The molecule has 3 nitrogen and oxygen atoms in total. The van der Waals surface area contributed by atoms with Crippen molar-refractivity contribution in [1.82, 2.24) is 4.90 Å². The van der Waals surface area contributed by atoms with E-state index in [1.807, 2.05) is 43.3 Å². The number of benzene rings is 2. The molecule has 1 saturated carbocycles. The number of hydrogen-bond acceptors (Lipinski definition) is 2. The average Bonchev–Trinajstić information content (AvgIpc) is 2.73. The average molecular weight is 398 g/mol. The van der Waals surface area contributed by atoms with Gasteiger partial charge in [0.15, 0.2) is 0 Å². The van der Waals surface area contributed by atoms with Gasteiger partial charge in [0.05, 0.1) is 5.56 Å². The Morgan fingerprint density at radius 1 is 1.07 bits per heavy atom.